The molecule has 6 heteroatoms. The van der Waals surface area contributed by atoms with Crippen molar-refractivity contribution in [3.63, 3.8) is 0 Å². The first-order valence-electron chi connectivity index (χ1n) is 9.06. The number of ether oxygens (including phenoxy) is 4. The summed E-state index contributed by atoms with van der Waals surface area (Å²) in [5, 5.41) is 0. The largest absolute Gasteiger partial charge is 0.497 e. The van der Waals surface area contributed by atoms with Gasteiger partial charge in [0.05, 0.1) is 39.2 Å². The summed E-state index contributed by atoms with van der Waals surface area (Å²) in [4.78, 5) is 13.2. The van der Waals surface area contributed by atoms with Gasteiger partial charge in [-0.3, -0.25) is 4.79 Å². The fourth-order valence-electron chi connectivity index (χ4n) is 2.87. The molecule has 0 heterocycles. The first-order chi connectivity index (χ1) is 13.5. The van der Waals surface area contributed by atoms with Gasteiger partial charge in [0, 0.05) is 11.6 Å². The van der Waals surface area contributed by atoms with E-state index in [0.29, 0.717) is 52.8 Å². The number of rotatable bonds is 9. The van der Waals surface area contributed by atoms with Crippen LogP contribution in [0.1, 0.15) is 36.2 Å². The zero-order chi connectivity index (χ0) is 20.7. The van der Waals surface area contributed by atoms with Crippen LogP contribution in [-0.4, -0.2) is 33.7 Å². The lowest BCUT2D eigenvalue weighted by molar-refractivity contribution is 0.102. The maximum atomic E-state index is 13.2. The number of hydrogen-bond acceptors (Lipinski definition) is 6. The van der Waals surface area contributed by atoms with Crippen molar-refractivity contribution in [3.05, 3.63) is 47.0 Å². The lowest BCUT2D eigenvalue weighted by Gasteiger charge is -2.15. The third-order valence-corrected chi connectivity index (χ3v) is 4.28. The van der Waals surface area contributed by atoms with E-state index in [9.17, 15) is 4.79 Å². The van der Waals surface area contributed by atoms with E-state index in [1.54, 1.807) is 24.3 Å². The van der Waals surface area contributed by atoms with E-state index in [2.05, 4.69) is 0 Å². The van der Waals surface area contributed by atoms with Gasteiger partial charge in [-0.05, 0) is 43.2 Å². The second-order valence-corrected chi connectivity index (χ2v) is 5.99. The smallest absolute Gasteiger partial charge is 0.193 e. The quantitative estimate of drug-likeness (QED) is 0.392. The number of methoxy groups -OCH3 is 3. The normalized spacial score (nSPS) is 11.1. The predicted octanol–water partition coefficient (Wildman–Crippen LogP) is 4.37. The minimum absolute atomic E-state index is 0.163. The van der Waals surface area contributed by atoms with Crippen molar-refractivity contribution in [2.75, 3.05) is 33.7 Å². The molecule has 0 radical (unpaired) electrons. The second-order valence-electron chi connectivity index (χ2n) is 5.99. The Balaban J connectivity index is 2.48. The molecule has 0 aliphatic heterocycles. The molecule has 0 aromatic heterocycles. The third-order valence-electron chi connectivity index (χ3n) is 4.28. The molecule has 0 saturated carbocycles. The fraction of sp³-hybridized carbons (Fsp3) is 0.318. The van der Waals surface area contributed by atoms with Crippen molar-refractivity contribution >= 4 is 17.5 Å². The summed E-state index contributed by atoms with van der Waals surface area (Å²) in [7, 11) is 4.56. The SMILES string of the molecule is CCOc1ccc(C=C(CC)C(=O)c2cc(OC)cc(OC)c2OC)cc1N. The number of benzene rings is 2. The van der Waals surface area contributed by atoms with Gasteiger partial charge in [0.25, 0.3) is 0 Å². The monoisotopic (exact) mass is 385 g/mol. The van der Waals surface area contributed by atoms with Gasteiger partial charge in [0.15, 0.2) is 17.3 Å². The van der Waals surface area contributed by atoms with Crippen LogP contribution < -0.4 is 24.7 Å². The Morgan fingerprint density at radius 3 is 2.29 bits per heavy atom. The zero-order valence-corrected chi connectivity index (χ0v) is 17.0. The number of ketones is 1. The highest BCUT2D eigenvalue weighted by Gasteiger charge is 2.21. The van der Waals surface area contributed by atoms with Crippen molar-refractivity contribution < 1.29 is 23.7 Å². The summed E-state index contributed by atoms with van der Waals surface area (Å²) in [6, 6.07) is 8.79. The van der Waals surface area contributed by atoms with Crippen LogP contribution in [0.25, 0.3) is 6.08 Å². The fourth-order valence-corrected chi connectivity index (χ4v) is 2.87. The summed E-state index contributed by atoms with van der Waals surface area (Å²) >= 11 is 0. The Morgan fingerprint density at radius 1 is 1.00 bits per heavy atom. The van der Waals surface area contributed by atoms with Crippen molar-refractivity contribution in [1.29, 1.82) is 0 Å². The van der Waals surface area contributed by atoms with Gasteiger partial charge in [0.1, 0.15) is 11.5 Å². The minimum Gasteiger partial charge on any atom is -0.497 e. The molecule has 0 spiro atoms. The molecule has 0 fully saturated rings. The molecule has 0 aliphatic rings. The van der Waals surface area contributed by atoms with Crippen LogP contribution in [0.15, 0.2) is 35.9 Å². The highest BCUT2D eigenvalue weighted by molar-refractivity contribution is 6.13. The molecule has 0 saturated heterocycles. The summed E-state index contributed by atoms with van der Waals surface area (Å²) in [6.07, 6.45) is 2.36. The number of Topliss-reactive ketones (excluding diaryl/α,β-unsaturated/α-hetero) is 1. The van der Waals surface area contributed by atoms with Gasteiger partial charge < -0.3 is 24.7 Å². The molecule has 0 bridgehead atoms. The molecule has 0 unspecified atom stereocenters. The number of allylic oxidation sites excluding steroid dienone is 1. The number of carbonyl (C=O) groups is 1. The Bertz CT molecular complexity index is 873. The van der Waals surface area contributed by atoms with E-state index >= 15 is 0 Å². The van der Waals surface area contributed by atoms with Crippen LogP contribution in [0, 0.1) is 0 Å². The van der Waals surface area contributed by atoms with Gasteiger partial charge in [-0.1, -0.05) is 13.0 Å². The molecule has 2 rings (SSSR count). The topological polar surface area (TPSA) is 80.0 Å². The Labute approximate surface area is 165 Å². The van der Waals surface area contributed by atoms with E-state index in [1.807, 2.05) is 26.0 Å². The summed E-state index contributed by atoms with van der Waals surface area (Å²) < 4.78 is 21.5. The Morgan fingerprint density at radius 2 is 1.75 bits per heavy atom. The first-order valence-corrected chi connectivity index (χ1v) is 9.06. The molecule has 0 amide bonds. The van der Waals surface area contributed by atoms with Crippen molar-refractivity contribution in [2.24, 2.45) is 0 Å². The van der Waals surface area contributed by atoms with Gasteiger partial charge >= 0.3 is 0 Å². The summed E-state index contributed by atoms with van der Waals surface area (Å²) in [6.45, 7) is 4.36. The molecule has 2 aromatic rings. The number of carbonyl (C=O) groups excluding carboxylic acids is 1. The second kappa shape index (κ2) is 9.69. The average Bonchev–Trinajstić information content (AvgIpc) is 2.72. The minimum atomic E-state index is -0.163. The third kappa shape index (κ3) is 4.57. The zero-order valence-electron chi connectivity index (χ0n) is 17.0. The van der Waals surface area contributed by atoms with Crippen molar-refractivity contribution in [2.45, 2.75) is 20.3 Å². The van der Waals surface area contributed by atoms with E-state index < -0.39 is 0 Å². The standard InChI is InChI=1S/C22H27NO5/c1-6-15(10-14-8-9-19(28-7-2)18(23)11-14)21(24)17-12-16(25-3)13-20(26-4)22(17)27-5/h8-13H,6-7,23H2,1-5H3. The maximum Gasteiger partial charge on any atom is 0.193 e. The number of hydrogen-bond donors (Lipinski definition) is 1. The lowest BCUT2D eigenvalue weighted by atomic mass is 9.97. The van der Waals surface area contributed by atoms with Crippen LogP contribution >= 0.6 is 0 Å². The summed E-state index contributed by atoms with van der Waals surface area (Å²) in [5.74, 6) is 1.79. The van der Waals surface area contributed by atoms with E-state index in [1.165, 1.54) is 21.3 Å². The highest BCUT2D eigenvalue weighted by atomic mass is 16.5. The van der Waals surface area contributed by atoms with Gasteiger partial charge in [-0.25, -0.2) is 0 Å². The van der Waals surface area contributed by atoms with Crippen LogP contribution in [-0.2, 0) is 0 Å². The maximum absolute atomic E-state index is 13.2. The number of nitrogens with two attached hydrogens (primary N) is 1. The van der Waals surface area contributed by atoms with Crippen LogP contribution in [0.2, 0.25) is 0 Å². The summed E-state index contributed by atoms with van der Waals surface area (Å²) in [5.41, 5.74) is 8.38. The van der Waals surface area contributed by atoms with Crippen molar-refractivity contribution in [3.8, 4) is 23.0 Å². The molecule has 2 N–H and O–H groups in total. The molecule has 28 heavy (non-hydrogen) atoms. The van der Waals surface area contributed by atoms with E-state index in [-0.39, 0.29) is 5.78 Å². The molecule has 0 atom stereocenters. The number of anilines is 1. The first kappa shape index (κ1) is 21.2. The van der Waals surface area contributed by atoms with Crippen LogP contribution in [0.5, 0.6) is 23.0 Å². The van der Waals surface area contributed by atoms with Gasteiger partial charge in [-0.2, -0.15) is 0 Å². The van der Waals surface area contributed by atoms with Crippen LogP contribution in [0.3, 0.4) is 0 Å². The Kier molecular flexibility index (Phi) is 7.32. The molecule has 150 valence electrons. The van der Waals surface area contributed by atoms with E-state index in [4.69, 9.17) is 24.7 Å². The van der Waals surface area contributed by atoms with E-state index in [0.717, 1.165) is 5.56 Å². The van der Waals surface area contributed by atoms with Crippen molar-refractivity contribution in [1.82, 2.24) is 0 Å². The molecular formula is C22H27NO5. The van der Waals surface area contributed by atoms with Gasteiger partial charge in [-0.15, -0.1) is 0 Å². The van der Waals surface area contributed by atoms with Crippen LogP contribution in [0.4, 0.5) is 5.69 Å². The molecular weight excluding hydrogens is 358 g/mol. The predicted molar refractivity (Wildman–Crippen MR) is 111 cm³/mol. The lowest BCUT2D eigenvalue weighted by Crippen LogP contribution is -2.07. The Hall–Kier alpha value is -3.15. The molecule has 2 aromatic carbocycles. The average molecular weight is 385 g/mol. The molecule has 6 nitrogen and oxygen atoms in total. The molecule has 0 aliphatic carbocycles. The number of nitrogen functional groups attached to an aromatic ring is 1. The highest BCUT2D eigenvalue weighted by Crippen LogP contribution is 2.37. The van der Waals surface area contributed by atoms with Gasteiger partial charge in [0.2, 0.25) is 0 Å².